The summed E-state index contributed by atoms with van der Waals surface area (Å²) >= 11 is 12.1. The van der Waals surface area contributed by atoms with Gasteiger partial charge in [-0.15, -0.1) is 0 Å². The fraction of sp³-hybridized carbons (Fsp3) is 0.222. The summed E-state index contributed by atoms with van der Waals surface area (Å²) in [5, 5.41) is 2.72. The smallest absolute Gasteiger partial charge is 0.266 e. The average Bonchev–Trinajstić information content (AvgIpc) is 2.66. The van der Waals surface area contributed by atoms with Crippen molar-refractivity contribution in [1.29, 1.82) is 0 Å². The number of anilines is 1. The maximum Gasteiger partial charge on any atom is 0.266 e. The molecule has 0 unspecified atom stereocenters. The van der Waals surface area contributed by atoms with Crippen molar-refractivity contribution < 1.29 is 22.8 Å². The van der Waals surface area contributed by atoms with Crippen molar-refractivity contribution in [3.05, 3.63) is 57.6 Å². The van der Waals surface area contributed by atoms with Gasteiger partial charge in [0.25, 0.3) is 21.8 Å². The molecule has 8 nitrogen and oxygen atoms in total. The van der Waals surface area contributed by atoms with Gasteiger partial charge >= 0.3 is 0 Å². The summed E-state index contributed by atoms with van der Waals surface area (Å²) in [6.45, 7) is 0. The normalized spacial score (nSPS) is 11.4. The minimum atomic E-state index is -4.04. The van der Waals surface area contributed by atoms with Crippen LogP contribution in [0, 0.1) is 0 Å². The van der Waals surface area contributed by atoms with E-state index in [2.05, 4.69) is 5.32 Å². The van der Waals surface area contributed by atoms with Crippen molar-refractivity contribution in [1.82, 2.24) is 9.37 Å². The highest BCUT2D eigenvalue weighted by Gasteiger charge is 2.25. The molecular formula is C18H19Cl2N3O5S. The first-order chi connectivity index (χ1) is 13.5. The highest BCUT2D eigenvalue weighted by Crippen LogP contribution is 2.27. The summed E-state index contributed by atoms with van der Waals surface area (Å²) in [7, 11) is 1.55. The number of nitrogens with zero attached hydrogens (tertiary/aromatic N) is 2. The van der Waals surface area contributed by atoms with Crippen molar-refractivity contribution in [3.8, 4) is 0 Å². The number of hydrogen-bond acceptors (Lipinski definition) is 5. The summed E-state index contributed by atoms with van der Waals surface area (Å²) in [4.78, 5) is 30.4. The Labute approximate surface area is 179 Å². The van der Waals surface area contributed by atoms with Gasteiger partial charge in [0.2, 0.25) is 0 Å². The third-order valence-electron chi connectivity index (χ3n) is 3.93. The summed E-state index contributed by atoms with van der Waals surface area (Å²) in [6.07, 6.45) is 0. The van der Waals surface area contributed by atoms with Gasteiger partial charge < -0.3 is 10.2 Å². The van der Waals surface area contributed by atoms with E-state index in [1.807, 2.05) is 0 Å². The van der Waals surface area contributed by atoms with Crippen LogP contribution in [0.2, 0.25) is 10.0 Å². The van der Waals surface area contributed by atoms with E-state index < -0.39 is 15.9 Å². The molecule has 0 aliphatic carbocycles. The summed E-state index contributed by atoms with van der Waals surface area (Å²) in [6, 6.07) is 8.28. The third-order valence-corrected chi connectivity index (χ3v) is 6.40. The van der Waals surface area contributed by atoms with E-state index in [1.165, 1.54) is 49.4 Å². The quantitative estimate of drug-likeness (QED) is 0.669. The maximum atomic E-state index is 12.6. The standard InChI is InChI=1S/C18H19Cl2N3O5S/c1-22(2)18(25)13-7-6-12(10-15(13)20)21-17(24)11-5-8-14(19)16(9-11)29(26,27)23(3)28-4/h5-10H,1-4H3,(H,21,24). The Bertz CT molecular complexity index is 1060. The van der Waals surface area contributed by atoms with Gasteiger partial charge in [0.05, 0.1) is 22.7 Å². The van der Waals surface area contributed by atoms with Crippen LogP contribution in [-0.2, 0) is 14.9 Å². The first-order valence-electron chi connectivity index (χ1n) is 8.14. The summed E-state index contributed by atoms with van der Waals surface area (Å²) in [5.41, 5.74) is 0.683. The lowest BCUT2D eigenvalue weighted by atomic mass is 10.1. The molecule has 156 valence electrons. The number of carbonyl (C=O) groups is 2. The first kappa shape index (κ1) is 23.1. The van der Waals surface area contributed by atoms with E-state index in [1.54, 1.807) is 14.1 Å². The van der Waals surface area contributed by atoms with Gasteiger partial charge in [-0.3, -0.25) is 14.4 Å². The number of benzene rings is 2. The second-order valence-electron chi connectivity index (χ2n) is 6.09. The Hall–Kier alpha value is -2.17. The van der Waals surface area contributed by atoms with Crippen molar-refractivity contribution in [2.45, 2.75) is 4.90 Å². The summed E-state index contributed by atoms with van der Waals surface area (Å²) < 4.78 is 25.5. The number of hydroxylamine groups is 1. The Kier molecular flexibility index (Phi) is 7.25. The Balaban J connectivity index is 2.32. The Morgan fingerprint density at radius 3 is 2.21 bits per heavy atom. The van der Waals surface area contributed by atoms with E-state index in [9.17, 15) is 18.0 Å². The van der Waals surface area contributed by atoms with Gasteiger partial charge in [-0.25, -0.2) is 8.42 Å². The highest BCUT2D eigenvalue weighted by atomic mass is 35.5. The molecule has 2 rings (SSSR count). The van der Waals surface area contributed by atoms with Gasteiger partial charge in [-0.05, 0) is 36.4 Å². The number of rotatable bonds is 6. The van der Waals surface area contributed by atoms with Crippen molar-refractivity contribution in [2.75, 3.05) is 33.6 Å². The van der Waals surface area contributed by atoms with Crippen LogP contribution in [0.5, 0.6) is 0 Å². The molecule has 2 aromatic carbocycles. The van der Waals surface area contributed by atoms with Crippen molar-refractivity contribution in [3.63, 3.8) is 0 Å². The van der Waals surface area contributed by atoms with E-state index in [4.69, 9.17) is 28.0 Å². The molecule has 1 N–H and O–H groups in total. The number of carbonyl (C=O) groups excluding carboxylic acids is 2. The highest BCUT2D eigenvalue weighted by molar-refractivity contribution is 7.89. The van der Waals surface area contributed by atoms with E-state index >= 15 is 0 Å². The van der Waals surface area contributed by atoms with Gasteiger partial charge in [0.15, 0.2) is 0 Å². The minimum Gasteiger partial charge on any atom is -0.345 e. The SMILES string of the molecule is CON(C)S(=O)(=O)c1cc(C(=O)Nc2ccc(C(=O)N(C)C)c(Cl)c2)ccc1Cl. The molecule has 0 heterocycles. The lowest BCUT2D eigenvalue weighted by molar-refractivity contribution is -0.0258. The van der Waals surface area contributed by atoms with Gasteiger partial charge in [0.1, 0.15) is 4.90 Å². The van der Waals surface area contributed by atoms with Crippen LogP contribution in [0.1, 0.15) is 20.7 Å². The fourth-order valence-corrected chi connectivity index (χ4v) is 4.02. The minimum absolute atomic E-state index is 0.0555. The van der Waals surface area contributed by atoms with Crippen LogP contribution in [0.25, 0.3) is 0 Å². The Morgan fingerprint density at radius 1 is 1.00 bits per heavy atom. The molecule has 0 spiro atoms. The molecule has 0 aliphatic heterocycles. The lowest BCUT2D eigenvalue weighted by Crippen LogP contribution is -2.26. The van der Waals surface area contributed by atoms with Gasteiger partial charge in [-0.1, -0.05) is 27.7 Å². The molecule has 29 heavy (non-hydrogen) atoms. The monoisotopic (exact) mass is 459 g/mol. The van der Waals surface area contributed by atoms with Crippen LogP contribution >= 0.6 is 23.2 Å². The van der Waals surface area contributed by atoms with Crippen molar-refractivity contribution in [2.24, 2.45) is 0 Å². The van der Waals surface area contributed by atoms with Crippen LogP contribution < -0.4 is 5.32 Å². The number of amides is 2. The predicted molar refractivity (Wildman–Crippen MR) is 111 cm³/mol. The lowest BCUT2D eigenvalue weighted by Gasteiger charge is -2.16. The molecule has 2 aromatic rings. The molecule has 2 amide bonds. The number of halogens is 2. The predicted octanol–water partition coefficient (Wildman–Crippen LogP) is 3.13. The molecule has 0 saturated heterocycles. The zero-order valence-corrected chi connectivity index (χ0v) is 18.4. The van der Waals surface area contributed by atoms with Crippen LogP contribution in [0.15, 0.2) is 41.3 Å². The molecule has 0 aromatic heterocycles. The molecular weight excluding hydrogens is 441 g/mol. The largest absolute Gasteiger partial charge is 0.345 e. The zero-order valence-electron chi connectivity index (χ0n) is 16.1. The van der Waals surface area contributed by atoms with E-state index in [0.29, 0.717) is 10.2 Å². The maximum absolute atomic E-state index is 12.6. The zero-order chi connectivity index (χ0) is 21.9. The van der Waals surface area contributed by atoms with E-state index in [0.717, 1.165) is 6.07 Å². The Morgan fingerprint density at radius 2 is 1.66 bits per heavy atom. The third kappa shape index (κ3) is 5.06. The molecule has 0 radical (unpaired) electrons. The molecule has 0 aliphatic rings. The molecule has 0 saturated carbocycles. The molecule has 0 bridgehead atoms. The number of sulfonamides is 1. The molecule has 0 fully saturated rings. The molecule has 0 atom stereocenters. The number of hydrogen-bond donors (Lipinski definition) is 1. The second kappa shape index (κ2) is 9.10. The van der Waals surface area contributed by atoms with Crippen LogP contribution in [0.3, 0.4) is 0 Å². The van der Waals surface area contributed by atoms with Crippen LogP contribution in [-0.4, -0.2) is 57.9 Å². The fourth-order valence-electron chi connectivity index (χ4n) is 2.29. The molecule has 11 heteroatoms. The number of nitrogens with one attached hydrogen (secondary N) is 1. The van der Waals surface area contributed by atoms with E-state index in [-0.39, 0.29) is 32.0 Å². The first-order valence-corrected chi connectivity index (χ1v) is 10.3. The van der Waals surface area contributed by atoms with Crippen LogP contribution in [0.4, 0.5) is 5.69 Å². The van der Waals surface area contributed by atoms with Gasteiger partial charge in [0, 0.05) is 32.4 Å². The summed E-state index contributed by atoms with van der Waals surface area (Å²) in [5.74, 6) is -0.858. The average molecular weight is 460 g/mol. The van der Waals surface area contributed by atoms with Gasteiger partial charge in [-0.2, -0.15) is 0 Å². The topological polar surface area (TPSA) is 96.0 Å². The van der Waals surface area contributed by atoms with Crippen molar-refractivity contribution >= 4 is 50.7 Å². The second-order valence-corrected chi connectivity index (χ2v) is 8.81.